The fourth-order valence-corrected chi connectivity index (χ4v) is 1.58. The smallest absolute Gasteiger partial charge is 0.235 e. The van der Waals surface area contributed by atoms with Crippen LogP contribution in [-0.4, -0.2) is 39.2 Å². The van der Waals surface area contributed by atoms with Gasteiger partial charge >= 0.3 is 0 Å². The first-order valence-corrected chi connectivity index (χ1v) is 7.01. The summed E-state index contributed by atoms with van der Waals surface area (Å²) in [6.07, 6.45) is 2.68. The van der Waals surface area contributed by atoms with Crippen molar-refractivity contribution < 1.29 is 4.79 Å². The SMILES string of the molecule is CC/N=C(/N)Nc1cnn(C(C)CCC(=N)NNC(C)=O)n1. The van der Waals surface area contributed by atoms with Gasteiger partial charge in [-0.3, -0.25) is 26.0 Å². The lowest BCUT2D eigenvalue weighted by Crippen LogP contribution is -2.40. The van der Waals surface area contributed by atoms with Gasteiger partial charge in [-0.2, -0.15) is 9.90 Å². The van der Waals surface area contributed by atoms with Crippen LogP contribution in [-0.2, 0) is 4.79 Å². The van der Waals surface area contributed by atoms with Gasteiger partial charge in [0.2, 0.25) is 5.91 Å². The summed E-state index contributed by atoms with van der Waals surface area (Å²) in [5, 5.41) is 18.9. The van der Waals surface area contributed by atoms with Crippen LogP contribution in [0.25, 0.3) is 0 Å². The quantitative estimate of drug-likeness (QED) is 0.283. The lowest BCUT2D eigenvalue weighted by molar-refractivity contribution is -0.119. The molecule has 0 aromatic carbocycles. The van der Waals surface area contributed by atoms with Gasteiger partial charge in [-0.15, -0.1) is 5.10 Å². The maximum absolute atomic E-state index is 10.7. The van der Waals surface area contributed by atoms with E-state index in [4.69, 9.17) is 11.1 Å². The van der Waals surface area contributed by atoms with Crippen LogP contribution in [0.4, 0.5) is 5.82 Å². The minimum Gasteiger partial charge on any atom is -0.370 e. The van der Waals surface area contributed by atoms with Crippen molar-refractivity contribution in [2.45, 2.75) is 39.7 Å². The minimum atomic E-state index is -0.242. The Balaban J connectivity index is 2.44. The highest BCUT2D eigenvalue weighted by molar-refractivity contribution is 5.91. The summed E-state index contributed by atoms with van der Waals surface area (Å²) in [6.45, 7) is 5.79. The largest absolute Gasteiger partial charge is 0.370 e. The monoisotopic (exact) mass is 309 g/mol. The van der Waals surface area contributed by atoms with E-state index in [2.05, 4.69) is 31.4 Å². The maximum atomic E-state index is 10.7. The van der Waals surface area contributed by atoms with Crippen LogP contribution in [0.3, 0.4) is 0 Å². The van der Waals surface area contributed by atoms with Crippen molar-refractivity contribution in [3.05, 3.63) is 6.20 Å². The number of hydrazine groups is 1. The van der Waals surface area contributed by atoms with Gasteiger partial charge in [0.05, 0.1) is 12.2 Å². The molecule has 0 aliphatic carbocycles. The number of amides is 1. The van der Waals surface area contributed by atoms with E-state index in [9.17, 15) is 4.79 Å². The summed E-state index contributed by atoms with van der Waals surface area (Å²) in [5.74, 6) is 0.803. The van der Waals surface area contributed by atoms with Crippen LogP contribution in [0, 0.1) is 5.41 Å². The molecule has 10 nitrogen and oxygen atoms in total. The number of rotatable bonds is 6. The number of anilines is 1. The fraction of sp³-hybridized carbons (Fsp3) is 0.583. The van der Waals surface area contributed by atoms with Gasteiger partial charge in [0.25, 0.3) is 0 Å². The highest BCUT2D eigenvalue weighted by atomic mass is 16.2. The molecule has 1 unspecified atom stereocenters. The van der Waals surface area contributed by atoms with E-state index in [1.165, 1.54) is 6.92 Å². The third-order valence-electron chi connectivity index (χ3n) is 2.69. The topological polar surface area (TPSA) is 146 Å². The fourth-order valence-electron chi connectivity index (χ4n) is 1.58. The number of guanidine groups is 1. The van der Waals surface area contributed by atoms with Gasteiger partial charge < -0.3 is 11.1 Å². The number of hydrogen-bond acceptors (Lipinski definition) is 5. The number of nitrogens with one attached hydrogen (secondary N) is 4. The first-order valence-electron chi connectivity index (χ1n) is 7.01. The van der Waals surface area contributed by atoms with Crippen LogP contribution in [0.15, 0.2) is 11.2 Å². The molecule has 1 aromatic heterocycles. The van der Waals surface area contributed by atoms with Crippen LogP contribution < -0.4 is 21.9 Å². The second-order valence-electron chi connectivity index (χ2n) is 4.71. The van der Waals surface area contributed by atoms with Crippen molar-refractivity contribution in [2.24, 2.45) is 10.7 Å². The standard InChI is InChI=1S/C12H23N9O/c1-4-15-12(14)17-11-7-16-21(20-11)8(2)5-6-10(13)19-18-9(3)22/h7-8H,4-6H2,1-3H3,(H2,13,19)(H,18,22)(H3,14,15,17,20). The zero-order valence-corrected chi connectivity index (χ0v) is 13.1. The number of carbonyl (C=O) groups is 1. The van der Waals surface area contributed by atoms with Gasteiger partial charge in [-0.1, -0.05) is 0 Å². The summed E-state index contributed by atoms with van der Waals surface area (Å²) >= 11 is 0. The second-order valence-corrected chi connectivity index (χ2v) is 4.71. The van der Waals surface area contributed by atoms with Crippen LogP contribution in [0.2, 0.25) is 0 Å². The van der Waals surface area contributed by atoms with Gasteiger partial charge in [-0.05, 0) is 20.3 Å². The molecular formula is C12H23N9O. The Kier molecular flexibility index (Phi) is 6.80. The molecule has 0 fully saturated rings. The third-order valence-corrected chi connectivity index (χ3v) is 2.69. The molecule has 1 aromatic rings. The second kappa shape index (κ2) is 8.60. The number of hydrogen-bond donors (Lipinski definition) is 5. The van der Waals surface area contributed by atoms with Gasteiger partial charge in [0.15, 0.2) is 11.8 Å². The maximum Gasteiger partial charge on any atom is 0.235 e. The average molecular weight is 309 g/mol. The Labute approximate surface area is 129 Å². The minimum absolute atomic E-state index is 0.000587. The molecule has 1 heterocycles. The van der Waals surface area contributed by atoms with Crippen LogP contribution in [0.1, 0.15) is 39.7 Å². The van der Waals surface area contributed by atoms with E-state index in [1.807, 2.05) is 13.8 Å². The summed E-state index contributed by atoms with van der Waals surface area (Å²) in [4.78, 5) is 16.3. The number of nitrogens with zero attached hydrogens (tertiary/aromatic N) is 4. The molecule has 0 saturated carbocycles. The molecule has 0 aliphatic heterocycles. The molecule has 1 rings (SSSR count). The number of nitrogens with two attached hydrogens (primary N) is 1. The Morgan fingerprint density at radius 2 is 2.27 bits per heavy atom. The molecular weight excluding hydrogens is 286 g/mol. The van der Waals surface area contributed by atoms with E-state index in [1.54, 1.807) is 11.0 Å². The summed E-state index contributed by atoms with van der Waals surface area (Å²) < 4.78 is 0. The molecule has 122 valence electrons. The van der Waals surface area contributed by atoms with Crippen LogP contribution >= 0.6 is 0 Å². The number of amidine groups is 1. The predicted molar refractivity (Wildman–Crippen MR) is 84.4 cm³/mol. The van der Waals surface area contributed by atoms with Crippen molar-refractivity contribution >= 4 is 23.5 Å². The Hall–Kier alpha value is -2.65. The Morgan fingerprint density at radius 3 is 2.91 bits per heavy atom. The van der Waals surface area contributed by atoms with E-state index < -0.39 is 0 Å². The van der Waals surface area contributed by atoms with Crippen molar-refractivity contribution in [3.8, 4) is 0 Å². The number of carbonyl (C=O) groups excluding carboxylic acids is 1. The summed E-state index contributed by atoms with van der Waals surface area (Å²) in [7, 11) is 0. The Bertz CT molecular complexity index is 536. The molecule has 10 heteroatoms. The van der Waals surface area contributed by atoms with Gasteiger partial charge in [-0.25, -0.2) is 0 Å². The summed E-state index contributed by atoms with van der Waals surface area (Å²) in [6, 6.07) is -0.000587. The van der Waals surface area contributed by atoms with Crippen molar-refractivity contribution in [3.63, 3.8) is 0 Å². The normalized spacial score (nSPS) is 12.6. The van der Waals surface area contributed by atoms with Gasteiger partial charge in [0.1, 0.15) is 5.84 Å². The van der Waals surface area contributed by atoms with Gasteiger partial charge in [0, 0.05) is 19.9 Å². The molecule has 22 heavy (non-hydrogen) atoms. The van der Waals surface area contributed by atoms with Crippen molar-refractivity contribution in [1.29, 1.82) is 5.41 Å². The highest BCUT2D eigenvalue weighted by Gasteiger charge is 2.10. The van der Waals surface area contributed by atoms with E-state index >= 15 is 0 Å². The summed E-state index contributed by atoms with van der Waals surface area (Å²) in [5.41, 5.74) is 10.5. The predicted octanol–water partition coefficient (Wildman–Crippen LogP) is -0.0162. The zero-order valence-electron chi connectivity index (χ0n) is 13.1. The Morgan fingerprint density at radius 1 is 1.55 bits per heavy atom. The van der Waals surface area contributed by atoms with E-state index in [0.29, 0.717) is 31.2 Å². The lowest BCUT2D eigenvalue weighted by Gasteiger charge is -2.12. The zero-order chi connectivity index (χ0) is 16.5. The molecule has 0 aliphatic rings. The van der Waals surface area contributed by atoms with E-state index in [-0.39, 0.29) is 17.8 Å². The molecule has 0 saturated heterocycles. The number of aliphatic imine (C=N–C) groups is 1. The third kappa shape index (κ3) is 6.20. The molecule has 0 spiro atoms. The van der Waals surface area contributed by atoms with Crippen LogP contribution in [0.5, 0.6) is 0 Å². The van der Waals surface area contributed by atoms with E-state index in [0.717, 1.165) is 0 Å². The average Bonchev–Trinajstić information content (AvgIpc) is 2.91. The molecule has 6 N–H and O–H groups in total. The first-order chi connectivity index (χ1) is 10.4. The van der Waals surface area contributed by atoms with Crippen molar-refractivity contribution in [2.75, 3.05) is 11.9 Å². The molecule has 1 atom stereocenters. The molecule has 0 bridgehead atoms. The molecule has 1 amide bonds. The highest BCUT2D eigenvalue weighted by Crippen LogP contribution is 2.12. The number of aromatic nitrogens is 3. The molecule has 0 radical (unpaired) electrons. The lowest BCUT2D eigenvalue weighted by atomic mass is 10.2. The first kappa shape index (κ1) is 17.4. The van der Waals surface area contributed by atoms with Crippen molar-refractivity contribution in [1.82, 2.24) is 25.8 Å².